The number of nitrogens with zero attached hydrogens (tertiary/aromatic N) is 1. The highest BCUT2D eigenvalue weighted by molar-refractivity contribution is 5.79. The molecule has 0 amide bonds. The molecule has 1 rings (SSSR count). The zero-order valence-electron chi connectivity index (χ0n) is 10.9. The van der Waals surface area contributed by atoms with Crippen LogP contribution in [0.4, 0.5) is 5.69 Å². The molecule has 0 saturated heterocycles. The lowest BCUT2D eigenvalue weighted by Gasteiger charge is -2.21. The molecule has 94 valence electrons. The molecule has 0 aliphatic heterocycles. The van der Waals surface area contributed by atoms with Gasteiger partial charge in [-0.15, -0.1) is 0 Å². The number of rotatable bonds is 7. The summed E-state index contributed by atoms with van der Waals surface area (Å²) in [7, 11) is 0. The standard InChI is InChI=1S/C14H21NO2/c1-4-13(16)11-17-14-9-7-8-12(10-14)15(5-2)6-3/h7-10H,4-6,11H2,1-3H3. The predicted molar refractivity (Wildman–Crippen MR) is 70.8 cm³/mol. The highest BCUT2D eigenvalue weighted by atomic mass is 16.5. The summed E-state index contributed by atoms with van der Waals surface area (Å²) in [6, 6.07) is 7.88. The Kier molecular flexibility index (Phi) is 5.53. The SMILES string of the molecule is CCC(=O)COc1cccc(N(CC)CC)c1. The monoisotopic (exact) mass is 235 g/mol. The highest BCUT2D eigenvalue weighted by Gasteiger charge is 2.04. The second-order valence-electron chi connectivity index (χ2n) is 3.85. The second-order valence-corrected chi connectivity index (χ2v) is 3.85. The van der Waals surface area contributed by atoms with Gasteiger partial charge in [-0.3, -0.25) is 4.79 Å². The summed E-state index contributed by atoms with van der Waals surface area (Å²) in [5.74, 6) is 0.884. The van der Waals surface area contributed by atoms with Gasteiger partial charge in [0.25, 0.3) is 0 Å². The van der Waals surface area contributed by atoms with E-state index in [0.717, 1.165) is 24.5 Å². The number of ketones is 1. The van der Waals surface area contributed by atoms with Gasteiger partial charge in [-0.25, -0.2) is 0 Å². The number of Topliss-reactive ketones (excluding diaryl/α,β-unsaturated/α-hetero) is 1. The number of hydrogen-bond donors (Lipinski definition) is 0. The van der Waals surface area contributed by atoms with E-state index in [1.807, 2.05) is 25.1 Å². The zero-order valence-corrected chi connectivity index (χ0v) is 10.9. The average molecular weight is 235 g/mol. The van der Waals surface area contributed by atoms with Crippen LogP contribution in [0.3, 0.4) is 0 Å². The second kappa shape index (κ2) is 6.94. The first kappa shape index (κ1) is 13.6. The van der Waals surface area contributed by atoms with Crippen LogP contribution in [0.2, 0.25) is 0 Å². The lowest BCUT2D eigenvalue weighted by atomic mass is 10.2. The number of benzene rings is 1. The third-order valence-electron chi connectivity index (χ3n) is 2.74. The van der Waals surface area contributed by atoms with Gasteiger partial charge < -0.3 is 9.64 Å². The lowest BCUT2D eigenvalue weighted by Crippen LogP contribution is -2.21. The first-order chi connectivity index (χ1) is 8.21. The molecule has 0 saturated carbocycles. The van der Waals surface area contributed by atoms with Crippen molar-refractivity contribution in [3.05, 3.63) is 24.3 Å². The lowest BCUT2D eigenvalue weighted by molar-refractivity contribution is -0.120. The topological polar surface area (TPSA) is 29.5 Å². The molecule has 0 aliphatic carbocycles. The Morgan fingerprint density at radius 1 is 1.24 bits per heavy atom. The van der Waals surface area contributed by atoms with Crippen molar-refractivity contribution in [1.29, 1.82) is 0 Å². The summed E-state index contributed by atoms with van der Waals surface area (Å²) in [5.41, 5.74) is 1.14. The highest BCUT2D eigenvalue weighted by Crippen LogP contribution is 2.20. The fourth-order valence-corrected chi connectivity index (χ4v) is 1.62. The van der Waals surface area contributed by atoms with Crippen molar-refractivity contribution in [2.75, 3.05) is 24.6 Å². The van der Waals surface area contributed by atoms with E-state index in [1.165, 1.54) is 0 Å². The minimum absolute atomic E-state index is 0.123. The molecule has 3 nitrogen and oxygen atoms in total. The third-order valence-corrected chi connectivity index (χ3v) is 2.74. The van der Waals surface area contributed by atoms with E-state index in [4.69, 9.17) is 4.74 Å². The molecule has 0 N–H and O–H groups in total. The molecular formula is C14H21NO2. The molecular weight excluding hydrogens is 214 g/mol. The Labute approximate surface area is 103 Å². The van der Waals surface area contributed by atoms with E-state index in [-0.39, 0.29) is 12.4 Å². The Morgan fingerprint density at radius 2 is 1.94 bits per heavy atom. The van der Waals surface area contributed by atoms with E-state index >= 15 is 0 Å². The van der Waals surface area contributed by atoms with Crippen molar-refractivity contribution in [3.8, 4) is 5.75 Å². The van der Waals surface area contributed by atoms with Crippen LogP contribution >= 0.6 is 0 Å². The first-order valence-corrected chi connectivity index (χ1v) is 6.20. The molecule has 1 aromatic carbocycles. The maximum absolute atomic E-state index is 11.2. The Hall–Kier alpha value is -1.51. The number of anilines is 1. The van der Waals surface area contributed by atoms with E-state index in [2.05, 4.69) is 24.8 Å². The summed E-state index contributed by atoms with van der Waals surface area (Å²) in [6.45, 7) is 8.19. The van der Waals surface area contributed by atoms with Gasteiger partial charge in [-0.2, -0.15) is 0 Å². The van der Waals surface area contributed by atoms with Crippen molar-refractivity contribution in [1.82, 2.24) is 0 Å². The van der Waals surface area contributed by atoms with Crippen LogP contribution in [0.25, 0.3) is 0 Å². The molecule has 1 aromatic rings. The van der Waals surface area contributed by atoms with Crippen LogP contribution in [-0.4, -0.2) is 25.5 Å². The average Bonchev–Trinajstić information content (AvgIpc) is 2.38. The van der Waals surface area contributed by atoms with E-state index in [1.54, 1.807) is 0 Å². The van der Waals surface area contributed by atoms with Crippen LogP contribution in [0.5, 0.6) is 5.75 Å². The van der Waals surface area contributed by atoms with Crippen molar-refractivity contribution < 1.29 is 9.53 Å². The minimum Gasteiger partial charge on any atom is -0.486 e. The quantitative estimate of drug-likeness (QED) is 0.727. The van der Waals surface area contributed by atoms with Crippen LogP contribution < -0.4 is 9.64 Å². The molecule has 0 unspecified atom stereocenters. The van der Waals surface area contributed by atoms with Gasteiger partial charge in [0.2, 0.25) is 0 Å². The fraction of sp³-hybridized carbons (Fsp3) is 0.500. The number of hydrogen-bond acceptors (Lipinski definition) is 3. The molecule has 0 bridgehead atoms. The van der Waals surface area contributed by atoms with Crippen LogP contribution in [0.1, 0.15) is 27.2 Å². The summed E-state index contributed by atoms with van der Waals surface area (Å²) < 4.78 is 5.46. The largest absolute Gasteiger partial charge is 0.486 e. The molecule has 17 heavy (non-hydrogen) atoms. The molecule has 0 radical (unpaired) electrons. The fourth-order valence-electron chi connectivity index (χ4n) is 1.62. The smallest absolute Gasteiger partial charge is 0.169 e. The van der Waals surface area contributed by atoms with Gasteiger partial charge in [0.15, 0.2) is 5.78 Å². The van der Waals surface area contributed by atoms with Crippen molar-refractivity contribution >= 4 is 11.5 Å². The Bertz CT molecular complexity index is 359. The van der Waals surface area contributed by atoms with Crippen LogP contribution in [0, 0.1) is 0 Å². The van der Waals surface area contributed by atoms with Gasteiger partial charge in [-0.05, 0) is 26.0 Å². The van der Waals surface area contributed by atoms with Gasteiger partial charge in [0.1, 0.15) is 12.4 Å². The van der Waals surface area contributed by atoms with Gasteiger partial charge in [-0.1, -0.05) is 13.0 Å². The van der Waals surface area contributed by atoms with Crippen molar-refractivity contribution in [2.45, 2.75) is 27.2 Å². The predicted octanol–water partition coefficient (Wildman–Crippen LogP) is 2.89. The Balaban J connectivity index is 2.68. The summed E-state index contributed by atoms with van der Waals surface area (Å²) in [5, 5.41) is 0. The van der Waals surface area contributed by atoms with Crippen molar-refractivity contribution in [2.24, 2.45) is 0 Å². The third kappa shape index (κ3) is 4.10. The molecule has 0 fully saturated rings. The molecule has 0 aromatic heterocycles. The number of ether oxygens (including phenoxy) is 1. The molecule has 0 spiro atoms. The van der Waals surface area contributed by atoms with Gasteiger partial charge >= 0.3 is 0 Å². The maximum atomic E-state index is 11.2. The zero-order chi connectivity index (χ0) is 12.7. The minimum atomic E-state index is 0.123. The molecule has 0 atom stereocenters. The molecule has 0 aliphatic rings. The van der Waals surface area contributed by atoms with E-state index in [9.17, 15) is 4.79 Å². The number of carbonyl (C=O) groups excluding carboxylic acids is 1. The van der Waals surface area contributed by atoms with E-state index < -0.39 is 0 Å². The summed E-state index contributed by atoms with van der Waals surface area (Å²) in [4.78, 5) is 13.4. The maximum Gasteiger partial charge on any atom is 0.169 e. The van der Waals surface area contributed by atoms with Crippen LogP contribution in [0.15, 0.2) is 24.3 Å². The molecule has 0 heterocycles. The normalized spacial score (nSPS) is 10.1. The van der Waals surface area contributed by atoms with Crippen molar-refractivity contribution in [3.63, 3.8) is 0 Å². The first-order valence-electron chi connectivity index (χ1n) is 6.20. The van der Waals surface area contributed by atoms with Gasteiger partial charge in [0, 0.05) is 31.3 Å². The number of carbonyl (C=O) groups is 1. The Morgan fingerprint density at radius 3 is 2.53 bits per heavy atom. The van der Waals surface area contributed by atoms with Gasteiger partial charge in [0.05, 0.1) is 0 Å². The van der Waals surface area contributed by atoms with Crippen LogP contribution in [-0.2, 0) is 4.79 Å². The summed E-state index contributed by atoms with van der Waals surface area (Å²) in [6.07, 6.45) is 0.524. The summed E-state index contributed by atoms with van der Waals surface area (Å²) >= 11 is 0. The van der Waals surface area contributed by atoms with E-state index in [0.29, 0.717) is 6.42 Å². The molecule has 3 heteroatoms.